The molecule has 6 nitrogen and oxygen atoms in total. The fourth-order valence-corrected chi connectivity index (χ4v) is 3.23. The molecule has 1 aliphatic rings. The smallest absolute Gasteiger partial charge is 0.260 e. The Morgan fingerprint density at radius 3 is 2.63 bits per heavy atom. The van der Waals surface area contributed by atoms with E-state index in [-0.39, 0.29) is 33.4 Å². The van der Waals surface area contributed by atoms with Crippen LogP contribution in [-0.4, -0.2) is 21.3 Å². The number of aliphatic hydroxyl groups is 1. The number of anilines is 1. The first-order valence-electron chi connectivity index (χ1n) is 7.86. The molecule has 0 radical (unpaired) electrons. The second kappa shape index (κ2) is 6.14. The summed E-state index contributed by atoms with van der Waals surface area (Å²) < 4.78 is 18.3. The van der Waals surface area contributed by atoms with Crippen molar-refractivity contribution in [2.45, 2.75) is 6.92 Å². The molecule has 0 saturated carbocycles. The molecule has 3 aromatic rings. The summed E-state index contributed by atoms with van der Waals surface area (Å²) >= 11 is 6.29. The molecule has 1 aliphatic heterocycles. The van der Waals surface area contributed by atoms with Crippen LogP contribution in [0.2, 0.25) is 5.02 Å². The van der Waals surface area contributed by atoms with Crippen molar-refractivity contribution in [3.05, 3.63) is 64.3 Å². The molecule has 0 bridgehead atoms. The number of phenolic OH excluding ortho intramolecular Hbond substituents is 1. The number of rotatable bonds is 2. The summed E-state index contributed by atoms with van der Waals surface area (Å²) in [4.78, 5) is 12.4. The number of phenols is 1. The number of hydrogen-bond acceptors (Lipinski definition) is 5. The molecular formula is C19H12ClFN2O4. The maximum Gasteiger partial charge on any atom is 0.260 e. The third-order valence-corrected chi connectivity index (χ3v) is 4.51. The van der Waals surface area contributed by atoms with Crippen LogP contribution >= 0.6 is 11.6 Å². The number of amides is 1. The highest BCUT2D eigenvalue weighted by Gasteiger charge is 2.31. The van der Waals surface area contributed by atoms with Crippen molar-refractivity contribution >= 4 is 34.5 Å². The zero-order valence-electron chi connectivity index (χ0n) is 13.9. The second-order valence-electron chi connectivity index (χ2n) is 6.05. The largest absolute Gasteiger partial charge is 0.507 e. The van der Waals surface area contributed by atoms with Crippen LogP contribution in [-0.2, 0) is 4.79 Å². The standard InChI is InChI=1S/C19H12ClFN2O4/c1-8-4-16(27-23-8)18(25)17-12-6-11(10-3-2-9(21)5-15(10)24)13(20)7-14(12)22-19(17)26/h2-7,24-25H,1H3,(H,22,26). The Morgan fingerprint density at radius 1 is 1.19 bits per heavy atom. The Labute approximate surface area is 157 Å². The summed E-state index contributed by atoms with van der Waals surface area (Å²) in [6.07, 6.45) is 0. The number of aliphatic hydroxyl groups excluding tert-OH is 1. The number of aryl methyl sites for hydroxylation is 1. The van der Waals surface area contributed by atoms with Gasteiger partial charge in [-0.3, -0.25) is 4.79 Å². The molecule has 0 unspecified atom stereocenters. The van der Waals surface area contributed by atoms with Gasteiger partial charge in [0.05, 0.1) is 22.0 Å². The quantitative estimate of drug-likeness (QED) is 0.444. The number of fused-ring (bicyclic) bond motifs is 1. The van der Waals surface area contributed by atoms with E-state index in [4.69, 9.17) is 16.1 Å². The normalized spacial score (nSPS) is 14.9. The number of aromatic hydroxyl groups is 1. The molecule has 4 rings (SSSR count). The molecule has 0 spiro atoms. The SMILES string of the molecule is Cc1cc(C(O)=C2C(=O)Nc3cc(Cl)c(-c4ccc(F)cc4O)cc32)on1. The number of aromatic nitrogens is 1. The monoisotopic (exact) mass is 386 g/mol. The second-order valence-corrected chi connectivity index (χ2v) is 6.46. The number of carbonyl (C=O) groups excluding carboxylic acids is 1. The van der Waals surface area contributed by atoms with E-state index >= 15 is 0 Å². The van der Waals surface area contributed by atoms with Crippen LogP contribution < -0.4 is 5.32 Å². The van der Waals surface area contributed by atoms with E-state index in [0.29, 0.717) is 22.5 Å². The van der Waals surface area contributed by atoms with Gasteiger partial charge in [0.2, 0.25) is 5.76 Å². The lowest BCUT2D eigenvalue weighted by molar-refractivity contribution is -0.110. The Morgan fingerprint density at radius 2 is 1.96 bits per heavy atom. The van der Waals surface area contributed by atoms with Crippen molar-refractivity contribution in [3.8, 4) is 16.9 Å². The average Bonchev–Trinajstić information content (AvgIpc) is 3.16. The molecule has 136 valence electrons. The lowest BCUT2D eigenvalue weighted by Gasteiger charge is -2.10. The molecular weight excluding hydrogens is 375 g/mol. The predicted molar refractivity (Wildman–Crippen MR) is 97.8 cm³/mol. The summed E-state index contributed by atoms with van der Waals surface area (Å²) in [7, 11) is 0. The van der Waals surface area contributed by atoms with Crippen LogP contribution in [0.5, 0.6) is 5.75 Å². The Hall–Kier alpha value is -3.32. The number of nitrogens with one attached hydrogen (secondary N) is 1. The van der Waals surface area contributed by atoms with Crippen LogP contribution in [0.3, 0.4) is 0 Å². The van der Waals surface area contributed by atoms with Gasteiger partial charge in [0.1, 0.15) is 11.6 Å². The molecule has 1 amide bonds. The summed E-state index contributed by atoms with van der Waals surface area (Å²) in [5, 5.41) is 27.1. The van der Waals surface area contributed by atoms with E-state index in [2.05, 4.69) is 10.5 Å². The highest BCUT2D eigenvalue weighted by Crippen LogP contribution is 2.43. The number of nitrogens with zero attached hydrogens (tertiary/aromatic N) is 1. The summed E-state index contributed by atoms with van der Waals surface area (Å²) in [6.45, 7) is 1.68. The number of hydrogen-bond donors (Lipinski definition) is 3. The van der Waals surface area contributed by atoms with Crippen molar-refractivity contribution < 1.29 is 23.9 Å². The van der Waals surface area contributed by atoms with Gasteiger partial charge in [0.15, 0.2) is 5.76 Å². The summed E-state index contributed by atoms with van der Waals surface area (Å²) in [5.74, 6) is -1.75. The average molecular weight is 387 g/mol. The van der Waals surface area contributed by atoms with E-state index in [1.807, 2.05) is 0 Å². The third kappa shape index (κ3) is 2.82. The molecule has 27 heavy (non-hydrogen) atoms. The van der Waals surface area contributed by atoms with Crippen molar-refractivity contribution in [1.29, 1.82) is 0 Å². The van der Waals surface area contributed by atoms with Crippen molar-refractivity contribution in [2.75, 3.05) is 5.32 Å². The first kappa shape index (κ1) is 17.1. The molecule has 2 heterocycles. The molecule has 0 fully saturated rings. The maximum atomic E-state index is 13.3. The van der Waals surface area contributed by atoms with Gasteiger partial charge in [-0.15, -0.1) is 0 Å². The Balaban J connectivity index is 1.92. The van der Waals surface area contributed by atoms with Gasteiger partial charge in [-0.1, -0.05) is 16.8 Å². The van der Waals surface area contributed by atoms with Crippen LogP contribution in [0.25, 0.3) is 22.5 Å². The van der Waals surface area contributed by atoms with E-state index in [1.54, 1.807) is 6.92 Å². The van der Waals surface area contributed by atoms with Gasteiger partial charge in [-0.2, -0.15) is 0 Å². The van der Waals surface area contributed by atoms with Gasteiger partial charge < -0.3 is 20.1 Å². The minimum absolute atomic E-state index is 0.0133. The molecule has 0 saturated heterocycles. The Kier molecular flexibility index (Phi) is 3.89. The van der Waals surface area contributed by atoms with E-state index < -0.39 is 11.7 Å². The van der Waals surface area contributed by atoms with Crippen molar-refractivity contribution in [2.24, 2.45) is 0 Å². The summed E-state index contributed by atoms with van der Waals surface area (Å²) in [6, 6.07) is 8.07. The fourth-order valence-electron chi connectivity index (χ4n) is 2.96. The molecule has 3 N–H and O–H groups in total. The van der Waals surface area contributed by atoms with Gasteiger partial charge in [0, 0.05) is 28.8 Å². The lowest BCUT2D eigenvalue weighted by Crippen LogP contribution is -2.05. The zero-order valence-corrected chi connectivity index (χ0v) is 14.6. The number of benzene rings is 2. The fraction of sp³-hybridized carbons (Fsp3) is 0.0526. The number of halogens is 2. The van der Waals surface area contributed by atoms with Gasteiger partial charge in [-0.25, -0.2) is 4.39 Å². The molecule has 2 aromatic carbocycles. The highest BCUT2D eigenvalue weighted by atomic mass is 35.5. The van der Waals surface area contributed by atoms with Crippen LogP contribution in [0.4, 0.5) is 10.1 Å². The summed E-state index contributed by atoms with van der Waals surface area (Å²) in [5.41, 5.74) is 1.97. The molecule has 0 aliphatic carbocycles. The van der Waals surface area contributed by atoms with Gasteiger partial charge in [-0.05, 0) is 31.2 Å². The first-order chi connectivity index (χ1) is 12.8. The van der Waals surface area contributed by atoms with Crippen molar-refractivity contribution in [3.63, 3.8) is 0 Å². The number of carbonyl (C=O) groups is 1. The van der Waals surface area contributed by atoms with Gasteiger partial charge in [0.25, 0.3) is 5.91 Å². The molecule has 8 heteroatoms. The maximum absolute atomic E-state index is 13.3. The van der Waals surface area contributed by atoms with Gasteiger partial charge >= 0.3 is 0 Å². The van der Waals surface area contributed by atoms with Crippen molar-refractivity contribution in [1.82, 2.24) is 5.16 Å². The first-order valence-corrected chi connectivity index (χ1v) is 8.24. The minimum Gasteiger partial charge on any atom is -0.507 e. The van der Waals surface area contributed by atoms with E-state index in [9.17, 15) is 19.4 Å². The molecule has 0 atom stereocenters. The van der Waals surface area contributed by atoms with Crippen LogP contribution in [0.15, 0.2) is 40.9 Å². The highest BCUT2D eigenvalue weighted by molar-refractivity contribution is 6.38. The lowest BCUT2D eigenvalue weighted by atomic mass is 9.97. The third-order valence-electron chi connectivity index (χ3n) is 4.20. The topological polar surface area (TPSA) is 95.6 Å². The Bertz CT molecular complexity index is 1140. The van der Waals surface area contributed by atoms with Crippen LogP contribution in [0, 0.1) is 12.7 Å². The minimum atomic E-state index is -0.593. The van der Waals surface area contributed by atoms with E-state index in [1.165, 1.54) is 30.3 Å². The zero-order chi connectivity index (χ0) is 19.3. The predicted octanol–water partition coefficient (Wildman–Crippen LogP) is 4.53. The van der Waals surface area contributed by atoms with E-state index in [0.717, 1.165) is 6.07 Å². The molecule has 1 aromatic heterocycles. The van der Waals surface area contributed by atoms with Crippen LogP contribution in [0.1, 0.15) is 17.0 Å².